The first-order valence-electron chi connectivity index (χ1n) is 6.88. The summed E-state index contributed by atoms with van der Waals surface area (Å²) in [6.45, 7) is 9.04. The Kier molecular flexibility index (Phi) is 6.05. The Hall–Kier alpha value is -0.160. The van der Waals surface area contributed by atoms with Gasteiger partial charge in [-0.1, -0.05) is 0 Å². The molecule has 0 aromatic carbocycles. The number of ether oxygens (including phenoxy) is 3. The number of nitrogens with one attached hydrogen (secondary N) is 1. The largest absolute Gasteiger partial charge is 0.377 e. The van der Waals surface area contributed by atoms with Crippen molar-refractivity contribution in [2.45, 2.75) is 70.5 Å². The van der Waals surface area contributed by atoms with E-state index < -0.39 is 0 Å². The van der Waals surface area contributed by atoms with Gasteiger partial charge in [0.25, 0.3) is 0 Å². The molecule has 4 heteroatoms. The lowest BCUT2D eigenvalue weighted by molar-refractivity contribution is -0.116. The Balaban J connectivity index is 2.43. The summed E-state index contributed by atoms with van der Waals surface area (Å²) in [7, 11) is 3.69. The topological polar surface area (TPSA) is 39.7 Å². The van der Waals surface area contributed by atoms with Crippen LogP contribution in [0.4, 0.5) is 0 Å². The summed E-state index contributed by atoms with van der Waals surface area (Å²) < 4.78 is 17.3. The van der Waals surface area contributed by atoms with E-state index in [9.17, 15) is 0 Å². The number of methoxy groups -OCH3 is 1. The lowest BCUT2D eigenvalue weighted by Crippen LogP contribution is -2.50. The van der Waals surface area contributed by atoms with Crippen LogP contribution in [0, 0.1) is 0 Å². The average molecular weight is 259 g/mol. The van der Waals surface area contributed by atoms with Gasteiger partial charge in [0.2, 0.25) is 0 Å². The van der Waals surface area contributed by atoms with E-state index in [1.54, 1.807) is 7.11 Å². The molecule has 1 saturated heterocycles. The summed E-state index contributed by atoms with van der Waals surface area (Å²) in [5.41, 5.74) is -0.225. The third kappa shape index (κ3) is 4.50. The normalized spacial score (nSPS) is 31.3. The maximum atomic E-state index is 6.04. The van der Waals surface area contributed by atoms with Crippen LogP contribution in [0.15, 0.2) is 0 Å². The van der Waals surface area contributed by atoms with Gasteiger partial charge in [-0.3, -0.25) is 0 Å². The second kappa shape index (κ2) is 6.85. The van der Waals surface area contributed by atoms with Crippen LogP contribution in [0.1, 0.15) is 40.5 Å². The summed E-state index contributed by atoms with van der Waals surface area (Å²) in [4.78, 5) is 0. The van der Waals surface area contributed by atoms with Gasteiger partial charge in [0.05, 0.1) is 36.6 Å². The van der Waals surface area contributed by atoms with Crippen LogP contribution in [0.2, 0.25) is 0 Å². The van der Waals surface area contributed by atoms with E-state index >= 15 is 0 Å². The molecule has 0 aromatic rings. The third-order valence-corrected chi connectivity index (χ3v) is 3.87. The van der Waals surface area contributed by atoms with Gasteiger partial charge in [-0.05, 0) is 47.6 Å². The molecule has 1 aliphatic heterocycles. The molecule has 0 spiro atoms. The molecular weight excluding hydrogens is 230 g/mol. The van der Waals surface area contributed by atoms with E-state index in [4.69, 9.17) is 14.2 Å². The van der Waals surface area contributed by atoms with E-state index in [0.717, 1.165) is 12.8 Å². The summed E-state index contributed by atoms with van der Waals surface area (Å²) >= 11 is 0. The molecule has 18 heavy (non-hydrogen) atoms. The highest BCUT2D eigenvalue weighted by Gasteiger charge is 2.31. The molecule has 3 unspecified atom stereocenters. The van der Waals surface area contributed by atoms with Crippen LogP contribution < -0.4 is 5.32 Å². The molecule has 0 saturated carbocycles. The van der Waals surface area contributed by atoms with E-state index in [2.05, 4.69) is 33.0 Å². The summed E-state index contributed by atoms with van der Waals surface area (Å²) in [6.07, 6.45) is 2.85. The van der Waals surface area contributed by atoms with Crippen LogP contribution in [-0.4, -0.2) is 50.7 Å². The quantitative estimate of drug-likeness (QED) is 0.791. The van der Waals surface area contributed by atoms with Crippen LogP contribution in [-0.2, 0) is 14.2 Å². The minimum atomic E-state index is -0.225. The van der Waals surface area contributed by atoms with Gasteiger partial charge < -0.3 is 19.5 Å². The smallest absolute Gasteiger partial charge is 0.0797 e. The predicted octanol–water partition coefficient (Wildman–Crippen LogP) is 1.97. The monoisotopic (exact) mass is 259 g/mol. The number of hydrogen-bond donors (Lipinski definition) is 1. The van der Waals surface area contributed by atoms with Crippen LogP contribution >= 0.6 is 0 Å². The predicted molar refractivity (Wildman–Crippen MR) is 72.9 cm³/mol. The highest BCUT2D eigenvalue weighted by atomic mass is 16.5. The van der Waals surface area contributed by atoms with E-state index in [-0.39, 0.29) is 11.6 Å². The van der Waals surface area contributed by atoms with Crippen LogP contribution in [0.3, 0.4) is 0 Å². The molecule has 108 valence electrons. The standard InChI is InChI=1S/C14H29NO3/c1-10-7-12(8-11(2)18-10)17-9-13(15-5)14(3,4)16-6/h10-13,15H,7-9H2,1-6H3. The minimum absolute atomic E-state index is 0.191. The van der Waals surface area contributed by atoms with Gasteiger partial charge in [-0.2, -0.15) is 0 Å². The molecular formula is C14H29NO3. The molecule has 0 amide bonds. The molecule has 1 fully saturated rings. The van der Waals surface area contributed by atoms with E-state index in [1.807, 2.05) is 7.05 Å². The molecule has 0 bridgehead atoms. The van der Waals surface area contributed by atoms with Crippen molar-refractivity contribution in [3.63, 3.8) is 0 Å². The van der Waals surface area contributed by atoms with Crippen molar-refractivity contribution in [3.05, 3.63) is 0 Å². The molecule has 1 aliphatic rings. The number of rotatable bonds is 6. The third-order valence-electron chi connectivity index (χ3n) is 3.87. The lowest BCUT2D eigenvalue weighted by Gasteiger charge is -2.36. The Morgan fingerprint density at radius 2 is 1.83 bits per heavy atom. The zero-order valence-electron chi connectivity index (χ0n) is 12.7. The second-order valence-electron chi connectivity index (χ2n) is 5.83. The molecule has 1 heterocycles. The Morgan fingerprint density at radius 1 is 1.28 bits per heavy atom. The Morgan fingerprint density at radius 3 is 2.28 bits per heavy atom. The Bertz CT molecular complexity index is 235. The first-order chi connectivity index (χ1) is 8.39. The van der Waals surface area contributed by atoms with E-state index in [0.29, 0.717) is 24.9 Å². The zero-order valence-corrected chi connectivity index (χ0v) is 12.7. The highest BCUT2D eigenvalue weighted by Crippen LogP contribution is 2.23. The molecule has 0 aliphatic carbocycles. The summed E-state index contributed by atoms with van der Waals surface area (Å²) in [6, 6.07) is 0.191. The fourth-order valence-corrected chi connectivity index (χ4v) is 2.49. The molecule has 0 radical (unpaired) electrons. The van der Waals surface area contributed by atoms with Gasteiger partial charge in [-0.15, -0.1) is 0 Å². The van der Waals surface area contributed by atoms with Crippen molar-refractivity contribution in [2.75, 3.05) is 20.8 Å². The van der Waals surface area contributed by atoms with Gasteiger partial charge in [0, 0.05) is 7.11 Å². The fourth-order valence-electron chi connectivity index (χ4n) is 2.49. The van der Waals surface area contributed by atoms with Crippen molar-refractivity contribution in [3.8, 4) is 0 Å². The van der Waals surface area contributed by atoms with Crippen molar-refractivity contribution in [1.29, 1.82) is 0 Å². The lowest BCUT2D eigenvalue weighted by atomic mass is 9.98. The van der Waals surface area contributed by atoms with Crippen LogP contribution in [0.5, 0.6) is 0 Å². The highest BCUT2D eigenvalue weighted by molar-refractivity contribution is 4.85. The average Bonchev–Trinajstić information content (AvgIpc) is 2.28. The van der Waals surface area contributed by atoms with Gasteiger partial charge in [0.15, 0.2) is 0 Å². The molecule has 1 N–H and O–H groups in total. The minimum Gasteiger partial charge on any atom is -0.377 e. The van der Waals surface area contributed by atoms with Crippen LogP contribution in [0.25, 0.3) is 0 Å². The Labute approximate surface area is 111 Å². The molecule has 0 aromatic heterocycles. The SMILES string of the molecule is CNC(COC1CC(C)OC(C)C1)C(C)(C)OC. The summed E-state index contributed by atoms with van der Waals surface area (Å²) in [5, 5.41) is 3.27. The second-order valence-corrected chi connectivity index (χ2v) is 5.83. The maximum absolute atomic E-state index is 6.04. The summed E-state index contributed by atoms with van der Waals surface area (Å²) in [5.74, 6) is 0. The van der Waals surface area contributed by atoms with Gasteiger partial charge >= 0.3 is 0 Å². The fraction of sp³-hybridized carbons (Fsp3) is 1.00. The van der Waals surface area contributed by atoms with Gasteiger partial charge in [-0.25, -0.2) is 0 Å². The van der Waals surface area contributed by atoms with Crippen molar-refractivity contribution >= 4 is 0 Å². The van der Waals surface area contributed by atoms with Crippen molar-refractivity contribution in [2.24, 2.45) is 0 Å². The maximum Gasteiger partial charge on any atom is 0.0797 e. The molecule has 3 atom stereocenters. The van der Waals surface area contributed by atoms with E-state index in [1.165, 1.54) is 0 Å². The molecule has 1 rings (SSSR count). The zero-order chi connectivity index (χ0) is 13.8. The van der Waals surface area contributed by atoms with Crippen molar-refractivity contribution in [1.82, 2.24) is 5.32 Å². The molecule has 4 nitrogen and oxygen atoms in total. The van der Waals surface area contributed by atoms with Crippen molar-refractivity contribution < 1.29 is 14.2 Å². The number of likely N-dealkylation sites (N-methyl/N-ethyl adjacent to an activating group) is 1. The first-order valence-corrected chi connectivity index (χ1v) is 6.88. The first kappa shape index (κ1) is 15.9. The van der Waals surface area contributed by atoms with Gasteiger partial charge in [0.1, 0.15) is 0 Å². The number of hydrogen-bond acceptors (Lipinski definition) is 4.